The number of nitrogens with one attached hydrogen (secondary N) is 1. The number of hydrogen-bond acceptors (Lipinski definition) is 5. The summed E-state index contributed by atoms with van der Waals surface area (Å²) in [6.45, 7) is -10.2. The number of amidine groups is 1. The van der Waals surface area contributed by atoms with Gasteiger partial charge in [-0.1, -0.05) is 0 Å². The van der Waals surface area contributed by atoms with E-state index >= 15 is 0 Å². The molecule has 1 aromatic heterocycles. The number of rotatable bonds is 0. The first-order valence-corrected chi connectivity index (χ1v) is 7.74. The van der Waals surface area contributed by atoms with E-state index in [-0.39, 0.29) is 29.5 Å². The molecule has 2 aliphatic heterocycles. The van der Waals surface area contributed by atoms with Crippen LogP contribution >= 0.6 is 23.7 Å². The van der Waals surface area contributed by atoms with Gasteiger partial charge in [0.25, 0.3) is 0 Å². The average Bonchev–Trinajstić information content (AvgIpc) is 2.94. The van der Waals surface area contributed by atoms with Gasteiger partial charge in [0.1, 0.15) is 16.7 Å². The van der Waals surface area contributed by atoms with E-state index in [0.29, 0.717) is 20.5 Å². The molecule has 2 aromatic rings. The Morgan fingerprint density at radius 1 is 1.25 bits per heavy atom. The van der Waals surface area contributed by atoms with Crippen LogP contribution in [0.2, 0.25) is 0 Å². The molecule has 0 unspecified atom stereocenters. The van der Waals surface area contributed by atoms with Crippen LogP contribution in [0.1, 0.15) is 21.4 Å². The summed E-state index contributed by atoms with van der Waals surface area (Å²) in [4.78, 5) is 5.95. The zero-order chi connectivity index (χ0) is 23.1. The summed E-state index contributed by atoms with van der Waals surface area (Å²) < 4.78 is 81.2. The Labute approximate surface area is 162 Å². The number of aryl methyl sites for hydroxylation is 1. The molecule has 1 aromatic carbocycles. The Kier molecular flexibility index (Phi) is 2.72. The van der Waals surface area contributed by atoms with Crippen molar-refractivity contribution in [1.82, 2.24) is 9.80 Å². The molecule has 1 saturated heterocycles. The molecule has 4 rings (SSSR count). The first kappa shape index (κ1) is 9.75. The monoisotopic (exact) mass is 374 g/mol. The van der Waals surface area contributed by atoms with Crippen LogP contribution in [0.25, 0.3) is 0 Å². The highest BCUT2D eigenvalue weighted by Crippen LogP contribution is 2.39. The third-order valence-corrected chi connectivity index (χ3v) is 4.37. The smallest absolute Gasteiger partial charge is 0.139 e. The quantitative estimate of drug-likeness (QED) is 0.756. The van der Waals surface area contributed by atoms with Crippen molar-refractivity contribution in [2.45, 2.75) is 6.92 Å². The molecule has 0 atom stereocenters. The third-order valence-electron chi connectivity index (χ3n) is 3.40. The standard InChI is InChI=1S/C17H19FN4S.ClH/c1-11-9-13-16(22-7-5-21(2)6-8-22)19-15-10-12(18)3-4-14(15)20-17(13)23-11;/h3-4,9-10,20H,5-8H2,1-2H3;1H/i5D2,6D2,7D2,8D2;. The van der Waals surface area contributed by atoms with Gasteiger partial charge in [0.15, 0.2) is 0 Å². The zero-order valence-electron chi connectivity index (χ0n) is 20.8. The molecular weight excluding hydrogens is 347 g/mol. The Balaban J connectivity index is 0.00000289. The SMILES string of the molecule is Cl.[2H]C1([2H])N(C)C([2H])([2H])C([2H])([2H])N(C2=Nc3cc(F)ccc3Nc3sc(C)cc32)C1([2H])[2H]. The molecule has 0 aliphatic carbocycles. The summed E-state index contributed by atoms with van der Waals surface area (Å²) in [5.74, 6) is -0.938. The summed E-state index contributed by atoms with van der Waals surface area (Å²) in [5, 5.41) is 3.57. The molecule has 1 N–H and O–H groups in total. The van der Waals surface area contributed by atoms with Gasteiger partial charge in [-0.05, 0) is 32.2 Å². The van der Waals surface area contributed by atoms with E-state index in [0.717, 1.165) is 18.0 Å². The maximum atomic E-state index is 13.9. The van der Waals surface area contributed by atoms with E-state index in [1.54, 1.807) is 13.0 Å². The first-order chi connectivity index (χ1) is 14.1. The minimum Gasteiger partial charge on any atom is -0.353 e. The van der Waals surface area contributed by atoms with Crippen molar-refractivity contribution in [3.8, 4) is 0 Å². The number of hydrogen-bond donors (Lipinski definition) is 1. The molecule has 24 heavy (non-hydrogen) atoms. The number of piperazine rings is 1. The molecule has 0 saturated carbocycles. The highest BCUT2D eigenvalue weighted by Gasteiger charge is 2.25. The fourth-order valence-electron chi connectivity index (χ4n) is 2.36. The van der Waals surface area contributed by atoms with Crippen LogP contribution in [0.5, 0.6) is 0 Å². The van der Waals surface area contributed by atoms with Crippen LogP contribution < -0.4 is 5.32 Å². The Morgan fingerprint density at radius 2 is 2.00 bits per heavy atom. The number of aliphatic imine (C=N–C) groups is 1. The molecule has 4 nitrogen and oxygen atoms in total. The number of nitrogens with zero attached hydrogens (tertiary/aromatic N) is 3. The lowest BCUT2D eigenvalue weighted by molar-refractivity contribution is 0.216. The number of thiophene rings is 1. The van der Waals surface area contributed by atoms with Gasteiger partial charge < -0.3 is 15.1 Å². The van der Waals surface area contributed by atoms with Crippen molar-refractivity contribution in [3.05, 3.63) is 40.5 Å². The molecule has 128 valence electrons. The van der Waals surface area contributed by atoms with Crippen molar-refractivity contribution in [2.75, 3.05) is 38.4 Å². The van der Waals surface area contributed by atoms with E-state index in [2.05, 4.69) is 10.3 Å². The Morgan fingerprint density at radius 3 is 2.75 bits per heavy atom. The fourth-order valence-corrected chi connectivity index (χ4v) is 3.27. The lowest BCUT2D eigenvalue weighted by atomic mass is 10.2. The molecule has 7 heteroatoms. The number of halogens is 2. The van der Waals surface area contributed by atoms with Gasteiger partial charge in [-0.3, -0.25) is 0 Å². The highest BCUT2D eigenvalue weighted by atomic mass is 35.5. The average molecular weight is 375 g/mol. The van der Waals surface area contributed by atoms with E-state index in [1.165, 1.54) is 23.5 Å². The second-order valence-electron chi connectivity index (χ2n) is 5.16. The van der Waals surface area contributed by atoms with Crippen molar-refractivity contribution in [3.63, 3.8) is 0 Å². The molecule has 1 fully saturated rings. The fraction of sp³-hybridized carbons (Fsp3) is 0.353. The van der Waals surface area contributed by atoms with Gasteiger partial charge in [0.2, 0.25) is 0 Å². The lowest BCUT2D eigenvalue weighted by Crippen LogP contribution is -2.47. The van der Waals surface area contributed by atoms with Gasteiger partial charge in [0, 0.05) is 42.4 Å². The topological polar surface area (TPSA) is 30.9 Å². The molecule has 3 heterocycles. The summed E-state index contributed by atoms with van der Waals surface area (Å²) in [5.41, 5.74) is 0.728. The van der Waals surface area contributed by atoms with Gasteiger partial charge in [-0.25, -0.2) is 9.38 Å². The van der Waals surface area contributed by atoms with Crippen LogP contribution in [0, 0.1) is 12.7 Å². The maximum absolute atomic E-state index is 13.9. The van der Waals surface area contributed by atoms with E-state index in [4.69, 9.17) is 11.0 Å². The minimum absolute atomic E-state index is 0. The van der Waals surface area contributed by atoms with Gasteiger partial charge in [0.05, 0.1) is 22.4 Å². The van der Waals surface area contributed by atoms with Crippen molar-refractivity contribution >= 4 is 46.0 Å². The predicted molar refractivity (Wildman–Crippen MR) is 101 cm³/mol. The van der Waals surface area contributed by atoms with Crippen LogP contribution in [0.3, 0.4) is 0 Å². The van der Waals surface area contributed by atoms with Crippen LogP contribution in [0.15, 0.2) is 29.3 Å². The van der Waals surface area contributed by atoms with E-state index in [1.807, 2.05) is 0 Å². The Bertz CT molecular complexity index is 1080. The zero-order valence-corrected chi connectivity index (χ0v) is 14.5. The van der Waals surface area contributed by atoms with E-state index in [9.17, 15) is 4.39 Å². The maximum Gasteiger partial charge on any atom is 0.139 e. The molecule has 0 radical (unpaired) electrons. The molecular formula is C17H20ClFN4S. The third kappa shape index (κ3) is 3.14. The van der Waals surface area contributed by atoms with Crippen molar-refractivity contribution in [1.29, 1.82) is 0 Å². The van der Waals surface area contributed by atoms with Crippen molar-refractivity contribution in [2.24, 2.45) is 4.99 Å². The molecule has 2 aliphatic rings. The largest absolute Gasteiger partial charge is 0.353 e. The second kappa shape index (κ2) is 6.70. The van der Waals surface area contributed by atoms with Gasteiger partial charge in [-0.15, -0.1) is 23.7 Å². The van der Waals surface area contributed by atoms with Crippen LogP contribution in [-0.2, 0) is 0 Å². The summed E-state index contributed by atoms with van der Waals surface area (Å²) in [7, 11) is 0.994. The minimum atomic E-state index is -3.04. The molecule has 0 amide bonds. The normalized spacial score (nSPS) is 30.5. The summed E-state index contributed by atoms with van der Waals surface area (Å²) in [6.07, 6.45) is 0. The predicted octanol–water partition coefficient (Wildman–Crippen LogP) is 4.00. The number of benzene rings is 1. The summed E-state index contributed by atoms with van der Waals surface area (Å²) in [6, 6.07) is 5.39. The number of likely N-dealkylation sites (N-methyl/N-ethyl adjacent to an activating group) is 1. The van der Waals surface area contributed by atoms with Gasteiger partial charge in [-0.2, -0.15) is 0 Å². The van der Waals surface area contributed by atoms with Gasteiger partial charge >= 0.3 is 0 Å². The number of fused-ring (bicyclic) bond motifs is 2. The van der Waals surface area contributed by atoms with Crippen LogP contribution in [0.4, 0.5) is 20.8 Å². The molecule has 0 spiro atoms. The Hall–Kier alpha value is -1.63. The van der Waals surface area contributed by atoms with Crippen LogP contribution in [-0.4, -0.2) is 48.7 Å². The highest BCUT2D eigenvalue weighted by molar-refractivity contribution is 7.16. The number of anilines is 2. The lowest BCUT2D eigenvalue weighted by Gasteiger charge is -2.34. The van der Waals surface area contributed by atoms with Crippen molar-refractivity contribution < 1.29 is 15.4 Å². The van der Waals surface area contributed by atoms with E-state index < -0.39 is 31.8 Å². The molecule has 0 bridgehead atoms. The summed E-state index contributed by atoms with van der Waals surface area (Å²) >= 11 is 1.28. The first-order valence-electron chi connectivity index (χ1n) is 10.9. The second-order valence-corrected chi connectivity index (χ2v) is 6.42.